The van der Waals surface area contributed by atoms with Crippen molar-refractivity contribution in [1.82, 2.24) is 9.55 Å². The van der Waals surface area contributed by atoms with Crippen LogP contribution in [-0.2, 0) is 25.5 Å². The third-order valence-corrected chi connectivity index (χ3v) is 5.53. The zero-order valence-electron chi connectivity index (χ0n) is 19.6. The second-order valence-corrected chi connectivity index (χ2v) is 8.23. The van der Waals surface area contributed by atoms with E-state index in [0.717, 1.165) is 4.57 Å². The molecule has 0 saturated heterocycles. The normalized spacial score (nSPS) is 11.9. The summed E-state index contributed by atoms with van der Waals surface area (Å²) in [6.45, 7) is 1.62. The summed E-state index contributed by atoms with van der Waals surface area (Å²) in [6.07, 6.45) is -4.99. The van der Waals surface area contributed by atoms with Crippen molar-refractivity contribution >= 4 is 11.9 Å². The lowest BCUT2D eigenvalue weighted by atomic mass is 10.1. The minimum Gasteiger partial charge on any atom is -0.489 e. The molecule has 12 heteroatoms. The zero-order chi connectivity index (χ0) is 27.4. The van der Waals surface area contributed by atoms with E-state index < -0.39 is 35.4 Å². The number of hydrogen-bond donors (Lipinski definition) is 2. The van der Waals surface area contributed by atoms with Gasteiger partial charge in [-0.15, -0.1) is 0 Å². The fourth-order valence-corrected chi connectivity index (χ4v) is 3.55. The highest BCUT2D eigenvalue weighted by molar-refractivity contribution is 5.88. The number of unbranched alkanes of at least 4 members (excludes halogenated alkanes) is 1. The minimum atomic E-state index is -6.01. The number of ether oxygens (including phenoxy) is 1. The van der Waals surface area contributed by atoms with Crippen LogP contribution in [0.5, 0.6) is 5.75 Å². The van der Waals surface area contributed by atoms with Crippen LogP contribution in [0.15, 0.2) is 48.5 Å². The number of nitrogens with zero attached hydrogens (tertiary/aromatic N) is 2. The van der Waals surface area contributed by atoms with Crippen LogP contribution in [0.2, 0.25) is 0 Å². The van der Waals surface area contributed by atoms with Crippen molar-refractivity contribution in [2.45, 2.75) is 51.4 Å². The van der Waals surface area contributed by atoms with Gasteiger partial charge in [0.25, 0.3) is 0 Å². The van der Waals surface area contributed by atoms with Gasteiger partial charge in [-0.1, -0.05) is 37.6 Å². The van der Waals surface area contributed by atoms with Crippen molar-refractivity contribution in [1.29, 1.82) is 0 Å². The van der Waals surface area contributed by atoms with Gasteiger partial charge in [-0.25, -0.2) is 14.6 Å². The van der Waals surface area contributed by atoms with E-state index in [4.69, 9.17) is 9.84 Å². The Balaban J connectivity index is 1.85. The van der Waals surface area contributed by atoms with Gasteiger partial charge in [-0.2, -0.15) is 22.0 Å². The summed E-state index contributed by atoms with van der Waals surface area (Å²) >= 11 is 0. The summed E-state index contributed by atoms with van der Waals surface area (Å²) in [7, 11) is 0. The Bertz CT molecular complexity index is 1250. The van der Waals surface area contributed by atoms with Gasteiger partial charge in [0.2, 0.25) is 0 Å². The van der Waals surface area contributed by atoms with Gasteiger partial charge in [0.15, 0.2) is 11.4 Å². The number of aromatic carboxylic acids is 2. The van der Waals surface area contributed by atoms with Crippen LogP contribution in [0.1, 0.15) is 63.3 Å². The molecule has 2 aromatic carbocycles. The van der Waals surface area contributed by atoms with Gasteiger partial charge in [-0.05, 0) is 41.8 Å². The molecule has 3 aromatic rings. The average molecular weight is 526 g/mol. The summed E-state index contributed by atoms with van der Waals surface area (Å²) in [4.78, 5) is 26.2. The van der Waals surface area contributed by atoms with Gasteiger partial charge in [0.1, 0.15) is 18.2 Å². The molecule has 0 unspecified atom stereocenters. The predicted octanol–water partition coefficient (Wildman–Crippen LogP) is 5.90. The lowest BCUT2D eigenvalue weighted by Gasteiger charge is -2.18. The molecule has 1 heterocycles. The molecule has 1 aromatic heterocycles. The summed E-state index contributed by atoms with van der Waals surface area (Å²) in [6, 6.07) is 12.2. The zero-order valence-corrected chi connectivity index (χ0v) is 19.6. The van der Waals surface area contributed by atoms with Gasteiger partial charge >= 0.3 is 24.0 Å². The number of alkyl halides is 5. The standard InChI is InChI=1S/C25H23F5N2O5/c1-2-3-4-19-31-21(24(26,27)25(28,29)30)20(23(35)36)32(19)13-15-7-11-18(12-8-15)37-14-16-5-9-17(10-6-16)22(33)34/h5-12H,2-4,13-14H2,1H3,(H,33,34)(H,35,36). The number of rotatable bonds is 11. The molecule has 0 bridgehead atoms. The number of imidazole rings is 1. The number of hydrogen-bond acceptors (Lipinski definition) is 4. The molecular weight excluding hydrogens is 503 g/mol. The van der Waals surface area contributed by atoms with Gasteiger partial charge in [-0.3, -0.25) is 0 Å². The van der Waals surface area contributed by atoms with Crippen molar-refractivity contribution in [3.05, 3.63) is 82.4 Å². The van der Waals surface area contributed by atoms with Gasteiger partial charge < -0.3 is 19.5 Å². The van der Waals surface area contributed by atoms with Crippen molar-refractivity contribution in [2.24, 2.45) is 0 Å². The molecule has 2 N–H and O–H groups in total. The molecule has 0 fully saturated rings. The molecule has 0 amide bonds. The van der Waals surface area contributed by atoms with E-state index in [1.54, 1.807) is 19.1 Å². The van der Waals surface area contributed by atoms with E-state index in [2.05, 4.69) is 4.98 Å². The molecule has 37 heavy (non-hydrogen) atoms. The van der Waals surface area contributed by atoms with Crippen LogP contribution in [0, 0.1) is 0 Å². The average Bonchev–Trinajstić information content (AvgIpc) is 3.20. The Morgan fingerprint density at radius 3 is 2.03 bits per heavy atom. The summed E-state index contributed by atoms with van der Waals surface area (Å²) in [5, 5.41) is 18.5. The Kier molecular flexibility index (Phi) is 8.19. The molecule has 3 rings (SSSR count). The van der Waals surface area contributed by atoms with Crippen LogP contribution in [-0.4, -0.2) is 37.9 Å². The SMILES string of the molecule is CCCCc1nc(C(F)(F)C(F)(F)F)c(C(=O)O)n1Cc1ccc(OCc2ccc(C(=O)O)cc2)cc1. The van der Waals surface area contributed by atoms with E-state index in [1.165, 1.54) is 36.4 Å². The van der Waals surface area contributed by atoms with Crippen molar-refractivity contribution in [2.75, 3.05) is 0 Å². The lowest BCUT2D eigenvalue weighted by Crippen LogP contribution is -2.35. The fourth-order valence-electron chi connectivity index (χ4n) is 3.55. The van der Waals surface area contributed by atoms with E-state index in [1.807, 2.05) is 0 Å². The first-order chi connectivity index (χ1) is 17.3. The van der Waals surface area contributed by atoms with Crippen LogP contribution in [0.3, 0.4) is 0 Å². The Morgan fingerprint density at radius 1 is 0.919 bits per heavy atom. The van der Waals surface area contributed by atoms with E-state index in [0.29, 0.717) is 29.7 Å². The molecule has 0 aliphatic carbocycles. The first kappa shape index (κ1) is 27.6. The molecular formula is C25H23F5N2O5. The summed E-state index contributed by atoms with van der Waals surface area (Å²) in [5.41, 5.74) is -1.77. The second kappa shape index (κ2) is 11.0. The number of carbonyl (C=O) groups is 2. The molecule has 0 saturated carbocycles. The molecule has 0 radical (unpaired) electrons. The quantitative estimate of drug-likeness (QED) is 0.302. The molecule has 198 valence electrons. The maximum Gasteiger partial charge on any atom is 0.459 e. The summed E-state index contributed by atoms with van der Waals surface area (Å²) in [5.74, 6) is -8.20. The van der Waals surface area contributed by atoms with E-state index in [-0.39, 0.29) is 31.0 Å². The molecule has 7 nitrogen and oxygen atoms in total. The van der Waals surface area contributed by atoms with E-state index >= 15 is 0 Å². The topological polar surface area (TPSA) is 102 Å². The largest absolute Gasteiger partial charge is 0.489 e. The number of aromatic nitrogens is 2. The third-order valence-electron chi connectivity index (χ3n) is 5.53. The maximum absolute atomic E-state index is 14.2. The Hall–Kier alpha value is -3.96. The first-order valence-electron chi connectivity index (χ1n) is 11.2. The number of carboxylic acids is 2. The molecule has 0 aliphatic rings. The number of carboxylic acid groups (broad SMARTS) is 2. The highest BCUT2D eigenvalue weighted by Gasteiger charge is 2.62. The number of benzene rings is 2. The second-order valence-electron chi connectivity index (χ2n) is 8.23. The molecule has 0 spiro atoms. The number of halogens is 5. The third kappa shape index (κ3) is 6.25. The smallest absolute Gasteiger partial charge is 0.459 e. The monoisotopic (exact) mass is 526 g/mol. The molecule has 0 aliphatic heterocycles. The predicted molar refractivity (Wildman–Crippen MR) is 121 cm³/mol. The van der Waals surface area contributed by atoms with Gasteiger partial charge in [0, 0.05) is 13.0 Å². The van der Waals surface area contributed by atoms with Crippen molar-refractivity contribution in [3.8, 4) is 5.75 Å². The van der Waals surface area contributed by atoms with Crippen molar-refractivity contribution < 1.29 is 46.5 Å². The maximum atomic E-state index is 14.2. The van der Waals surface area contributed by atoms with Gasteiger partial charge in [0.05, 0.1) is 5.56 Å². The van der Waals surface area contributed by atoms with Crippen LogP contribution in [0.4, 0.5) is 22.0 Å². The Labute approximate surface area is 208 Å². The Morgan fingerprint density at radius 2 is 1.51 bits per heavy atom. The van der Waals surface area contributed by atoms with Crippen molar-refractivity contribution in [3.63, 3.8) is 0 Å². The number of aryl methyl sites for hydroxylation is 1. The lowest BCUT2D eigenvalue weighted by molar-refractivity contribution is -0.291. The van der Waals surface area contributed by atoms with E-state index in [9.17, 15) is 36.6 Å². The van der Waals surface area contributed by atoms with Crippen LogP contribution >= 0.6 is 0 Å². The summed E-state index contributed by atoms with van der Waals surface area (Å²) < 4.78 is 74.0. The first-order valence-corrected chi connectivity index (χ1v) is 11.2. The van der Waals surface area contributed by atoms with Crippen LogP contribution in [0.25, 0.3) is 0 Å². The van der Waals surface area contributed by atoms with Crippen LogP contribution < -0.4 is 4.74 Å². The molecule has 0 atom stereocenters. The highest BCUT2D eigenvalue weighted by atomic mass is 19.4. The highest BCUT2D eigenvalue weighted by Crippen LogP contribution is 2.45. The minimum absolute atomic E-state index is 0.0204. The fraction of sp³-hybridized carbons (Fsp3) is 0.320.